The summed E-state index contributed by atoms with van der Waals surface area (Å²) in [6.45, 7) is 8.45. The molecule has 0 aliphatic carbocycles. The second-order valence-electron chi connectivity index (χ2n) is 3.60. The Bertz CT molecular complexity index is 184. The molecule has 0 N–H and O–H groups in total. The Morgan fingerprint density at radius 3 is 2.09 bits per heavy atom. The lowest BCUT2D eigenvalue weighted by atomic mass is 10.3. The highest BCUT2D eigenvalue weighted by atomic mass is 28.3. The standard InChI is InChI=1S/C9H16OSi/c1-5-6-9(10)7-8-11(2,3)4/h5-8H,1-4H3. The molecule has 2 heteroatoms. The lowest BCUT2D eigenvalue weighted by molar-refractivity contribution is -0.110. The number of carbonyl (C=O) groups is 1. The summed E-state index contributed by atoms with van der Waals surface area (Å²) < 4.78 is 0. The Morgan fingerprint density at radius 1 is 1.18 bits per heavy atom. The fourth-order valence-corrected chi connectivity index (χ4v) is 1.22. The lowest BCUT2D eigenvalue weighted by Crippen LogP contribution is -2.15. The van der Waals surface area contributed by atoms with Gasteiger partial charge < -0.3 is 0 Å². The minimum absolute atomic E-state index is 0.0925. The first-order chi connectivity index (χ1) is 4.95. The SMILES string of the molecule is CC=CC(=O)C=C[Si](C)(C)C. The van der Waals surface area contributed by atoms with E-state index in [-0.39, 0.29) is 5.78 Å². The van der Waals surface area contributed by atoms with E-state index in [1.54, 1.807) is 18.2 Å². The summed E-state index contributed by atoms with van der Waals surface area (Å²) in [5, 5.41) is 0. The lowest BCUT2D eigenvalue weighted by Gasteiger charge is -2.06. The molecule has 0 aromatic carbocycles. The van der Waals surface area contributed by atoms with Crippen LogP contribution in [0.4, 0.5) is 0 Å². The molecule has 0 bridgehead atoms. The largest absolute Gasteiger partial charge is 0.290 e. The van der Waals surface area contributed by atoms with Crippen LogP contribution in [0.3, 0.4) is 0 Å². The maximum absolute atomic E-state index is 10.9. The maximum atomic E-state index is 10.9. The van der Waals surface area contributed by atoms with Gasteiger partial charge in [0.05, 0.1) is 8.07 Å². The van der Waals surface area contributed by atoms with Gasteiger partial charge in [-0.15, -0.1) is 0 Å². The molecule has 62 valence electrons. The Hall–Kier alpha value is -0.633. The minimum Gasteiger partial charge on any atom is -0.290 e. The summed E-state index contributed by atoms with van der Waals surface area (Å²) >= 11 is 0. The molecule has 0 saturated carbocycles. The van der Waals surface area contributed by atoms with E-state index in [2.05, 4.69) is 25.3 Å². The van der Waals surface area contributed by atoms with E-state index in [1.165, 1.54) is 0 Å². The van der Waals surface area contributed by atoms with Gasteiger partial charge in [0.2, 0.25) is 0 Å². The van der Waals surface area contributed by atoms with E-state index >= 15 is 0 Å². The molecule has 0 rings (SSSR count). The molecule has 0 aromatic heterocycles. The number of hydrogen-bond donors (Lipinski definition) is 0. The van der Waals surface area contributed by atoms with Crippen LogP contribution in [0.15, 0.2) is 23.9 Å². The predicted octanol–water partition coefficient (Wildman–Crippen LogP) is 2.57. The Labute approximate surface area is 69.8 Å². The topological polar surface area (TPSA) is 17.1 Å². The monoisotopic (exact) mass is 168 g/mol. The molecule has 0 spiro atoms. The molecule has 0 fully saturated rings. The normalized spacial score (nSPS) is 13.1. The Balaban J connectivity index is 4.04. The van der Waals surface area contributed by atoms with Crippen molar-refractivity contribution >= 4 is 13.9 Å². The number of hydrogen-bond acceptors (Lipinski definition) is 1. The molecular weight excluding hydrogens is 152 g/mol. The highest BCUT2D eigenvalue weighted by Crippen LogP contribution is 2.01. The maximum Gasteiger partial charge on any atom is 0.177 e. The van der Waals surface area contributed by atoms with Crippen LogP contribution in [0.2, 0.25) is 19.6 Å². The zero-order valence-electron chi connectivity index (χ0n) is 7.72. The fourth-order valence-electron chi connectivity index (χ4n) is 0.552. The molecule has 0 aliphatic heterocycles. The molecule has 11 heavy (non-hydrogen) atoms. The van der Waals surface area contributed by atoms with Gasteiger partial charge in [-0.25, -0.2) is 0 Å². The van der Waals surface area contributed by atoms with Gasteiger partial charge in [0.15, 0.2) is 5.78 Å². The second-order valence-corrected chi connectivity index (χ2v) is 8.67. The third-order valence-electron chi connectivity index (χ3n) is 1.08. The van der Waals surface area contributed by atoms with E-state index in [0.717, 1.165) is 0 Å². The summed E-state index contributed by atoms with van der Waals surface area (Å²) in [6, 6.07) is 0. The predicted molar refractivity (Wildman–Crippen MR) is 52.3 cm³/mol. The van der Waals surface area contributed by atoms with Crippen LogP contribution >= 0.6 is 0 Å². The summed E-state index contributed by atoms with van der Waals surface area (Å²) in [7, 11) is -1.18. The molecule has 0 heterocycles. The number of ketones is 1. The van der Waals surface area contributed by atoms with Crippen molar-refractivity contribution in [3.63, 3.8) is 0 Å². The Morgan fingerprint density at radius 2 is 1.73 bits per heavy atom. The van der Waals surface area contributed by atoms with Crippen LogP contribution in [-0.2, 0) is 4.79 Å². The van der Waals surface area contributed by atoms with Gasteiger partial charge in [0.1, 0.15) is 0 Å². The van der Waals surface area contributed by atoms with Crippen LogP contribution in [0, 0.1) is 0 Å². The third kappa shape index (κ3) is 7.26. The summed E-state index contributed by atoms with van der Waals surface area (Å²) in [5.41, 5.74) is 2.05. The van der Waals surface area contributed by atoms with E-state index in [0.29, 0.717) is 0 Å². The smallest absolute Gasteiger partial charge is 0.177 e. The van der Waals surface area contributed by atoms with Crippen LogP contribution in [0.1, 0.15) is 6.92 Å². The molecule has 0 aliphatic rings. The van der Waals surface area contributed by atoms with Crippen molar-refractivity contribution in [2.24, 2.45) is 0 Å². The first-order valence-corrected chi connectivity index (χ1v) is 7.39. The van der Waals surface area contributed by atoms with Crippen LogP contribution in [0.25, 0.3) is 0 Å². The van der Waals surface area contributed by atoms with Crippen molar-refractivity contribution in [2.45, 2.75) is 26.6 Å². The van der Waals surface area contributed by atoms with Crippen molar-refractivity contribution in [1.82, 2.24) is 0 Å². The average molecular weight is 168 g/mol. The average Bonchev–Trinajstić information content (AvgIpc) is 1.83. The van der Waals surface area contributed by atoms with Gasteiger partial charge in [-0.1, -0.05) is 31.4 Å². The van der Waals surface area contributed by atoms with E-state index < -0.39 is 8.07 Å². The van der Waals surface area contributed by atoms with Gasteiger partial charge in [0.25, 0.3) is 0 Å². The van der Waals surface area contributed by atoms with Gasteiger partial charge in [-0.2, -0.15) is 0 Å². The zero-order valence-corrected chi connectivity index (χ0v) is 8.72. The molecule has 1 nitrogen and oxygen atoms in total. The molecule has 0 aromatic rings. The van der Waals surface area contributed by atoms with Crippen LogP contribution in [0.5, 0.6) is 0 Å². The van der Waals surface area contributed by atoms with Crippen LogP contribution in [-0.4, -0.2) is 13.9 Å². The van der Waals surface area contributed by atoms with Crippen molar-refractivity contribution < 1.29 is 4.79 Å². The summed E-state index contributed by atoms with van der Waals surface area (Å²) in [4.78, 5) is 10.9. The summed E-state index contributed by atoms with van der Waals surface area (Å²) in [6.07, 6.45) is 5.01. The first-order valence-electron chi connectivity index (χ1n) is 3.81. The molecular formula is C9H16OSi. The highest BCUT2D eigenvalue weighted by Gasteiger charge is 2.06. The van der Waals surface area contributed by atoms with E-state index in [4.69, 9.17) is 0 Å². The minimum atomic E-state index is -1.18. The second kappa shape index (κ2) is 4.29. The molecule has 0 amide bonds. The van der Waals surface area contributed by atoms with Crippen molar-refractivity contribution in [2.75, 3.05) is 0 Å². The number of carbonyl (C=O) groups excluding carboxylic acids is 1. The fraction of sp³-hybridized carbons (Fsp3) is 0.444. The number of rotatable bonds is 3. The van der Waals surface area contributed by atoms with Gasteiger partial charge >= 0.3 is 0 Å². The highest BCUT2D eigenvalue weighted by molar-refractivity contribution is 6.81. The van der Waals surface area contributed by atoms with Crippen LogP contribution < -0.4 is 0 Å². The first kappa shape index (κ1) is 10.4. The molecule has 0 unspecified atom stereocenters. The van der Waals surface area contributed by atoms with Crippen molar-refractivity contribution in [1.29, 1.82) is 0 Å². The quantitative estimate of drug-likeness (QED) is 0.467. The van der Waals surface area contributed by atoms with E-state index in [9.17, 15) is 4.79 Å². The van der Waals surface area contributed by atoms with Gasteiger partial charge in [0, 0.05) is 0 Å². The van der Waals surface area contributed by atoms with Gasteiger partial charge in [-0.3, -0.25) is 4.79 Å². The van der Waals surface area contributed by atoms with E-state index in [1.807, 2.05) is 6.92 Å². The van der Waals surface area contributed by atoms with Crippen molar-refractivity contribution in [3.8, 4) is 0 Å². The van der Waals surface area contributed by atoms with Crippen molar-refractivity contribution in [3.05, 3.63) is 23.9 Å². The molecule has 0 atom stereocenters. The van der Waals surface area contributed by atoms with Gasteiger partial charge in [-0.05, 0) is 19.1 Å². The molecule has 0 radical (unpaired) electrons. The number of allylic oxidation sites excluding steroid dienone is 3. The summed E-state index contributed by atoms with van der Waals surface area (Å²) in [5.74, 6) is 0.0925. The third-order valence-corrected chi connectivity index (χ3v) is 2.25. The zero-order chi connectivity index (χ0) is 8.91. The molecule has 0 saturated heterocycles. The Kier molecular flexibility index (Phi) is 4.04.